The highest BCUT2D eigenvalue weighted by molar-refractivity contribution is 7.73. The van der Waals surface area contributed by atoms with E-state index in [1.54, 1.807) is 18.4 Å². The van der Waals surface area contributed by atoms with Crippen molar-refractivity contribution in [2.75, 3.05) is 26.7 Å². The van der Waals surface area contributed by atoms with Crippen molar-refractivity contribution < 1.29 is 9.90 Å². The van der Waals surface area contributed by atoms with Crippen LogP contribution in [0.4, 0.5) is 0 Å². The van der Waals surface area contributed by atoms with Gasteiger partial charge in [-0.2, -0.15) is 0 Å². The average Bonchev–Trinajstić information content (AvgIpc) is 3.31. The Kier molecular flexibility index (Phi) is 6.10. The Balaban J connectivity index is 1.77. The predicted octanol–water partition coefficient (Wildman–Crippen LogP) is 3.64. The molecule has 1 saturated heterocycles. The lowest BCUT2D eigenvalue weighted by molar-refractivity contribution is -0.122. The molecule has 0 radical (unpaired) electrons. The molecular weight excluding hydrogens is 402 g/mol. The minimum Gasteiger partial charge on any atom is -0.392 e. The first-order valence-corrected chi connectivity index (χ1v) is 11.1. The number of hydrogen-bond donors (Lipinski definition) is 3. The van der Waals surface area contributed by atoms with Crippen LogP contribution >= 0.6 is 23.6 Å². The molecule has 3 N–H and O–H groups in total. The average molecular weight is 428 g/mol. The Labute approximate surface area is 179 Å². The fourth-order valence-corrected chi connectivity index (χ4v) is 5.34. The van der Waals surface area contributed by atoms with E-state index in [-0.39, 0.29) is 23.8 Å². The Bertz CT molecular complexity index is 1050. The van der Waals surface area contributed by atoms with Crippen molar-refractivity contribution in [3.63, 3.8) is 0 Å². The number of hydrogen-bond acceptors (Lipinski definition) is 5. The van der Waals surface area contributed by atoms with Crippen molar-refractivity contribution in [2.24, 2.45) is 0 Å². The van der Waals surface area contributed by atoms with Crippen molar-refractivity contribution >= 4 is 39.7 Å². The highest BCUT2D eigenvalue weighted by Crippen LogP contribution is 2.36. The number of nitrogens with one attached hydrogen (secondary N) is 2. The molecule has 0 bridgehead atoms. The molecule has 7 heteroatoms. The third kappa shape index (κ3) is 4.43. The van der Waals surface area contributed by atoms with Crippen LogP contribution in [-0.2, 0) is 4.79 Å². The number of fused-ring (bicyclic) bond motifs is 1. The molecule has 1 unspecified atom stereocenters. The first-order chi connectivity index (χ1) is 14.0. The molecule has 4 rings (SSSR count). The van der Waals surface area contributed by atoms with Gasteiger partial charge in [0.05, 0.1) is 22.2 Å². The van der Waals surface area contributed by atoms with Gasteiger partial charge in [-0.3, -0.25) is 4.79 Å². The van der Waals surface area contributed by atoms with E-state index in [4.69, 9.17) is 12.2 Å². The van der Waals surface area contributed by atoms with E-state index in [1.807, 2.05) is 30.3 Å². The van der Waals surface area contributed by atoms with Gasteiger partial charge in [-0.25, -0.2) is 0 Å². The van der Waals surface area contributed by atoms with Gasteiger partial charge in [0.2, 0.25) is 5.91 Å². The second kappa shape index (κ2) is 8.75. The van der Waals surface area contributed by atoms with E-state index >= 15 is 0 Å². The summed E-state index contributed by atoms with van der Waals surface area (Å²) in [4.78, 5) is 18.6. The number of carbonyl (C=O) groups excluding carboxylic acids is 1. The quantitative estimate of drug-likeness (QED) is 0.526. The largest absolute Gasteiger partial charge is 0.392 e. The van der Waals surface area contributed by atoms with E-state index in [2.05, 4.69) is 33.4 Å². The summed E-state index contributed by atoms with van der Waals surface area (Å²) in [6.07, 6.45) is 0.496. The zero-order chi connectivity index (χ0) is 20.4. The minimum atomic E-state index is -0.341. The van der Waals surface area contributed by atoms with Crippen molar-refractivity contribution in [1.82, 2.24) is 15.2 Å². The summed E-state index contributed by atoms with van der Waals surface area (Å²) in [5.41, 5.74) is 3.06. The molecule has 2 aromatic carbocycles. The van der Waals surface area contributed by atoms with Crippen molar-refractivity contribution in [2.45, 2.75) is 24.4 Å². The number of likely N-dealkylation sites (tertiary alicyclic amines) is 1. The van der Waals surface area contributed by atoms with Gasteiger partial charge in [-0.05, 0) is 41.9 Å². The molecule has 1 aliphatic rings. The number of benzene rings is 2. The van der Waals surface area contributed by atoms with Crippen LogP contribution in [-0.4, -0.2) is 53.7 Å². The molecule has 1 aromatic heterocycles. The fourth-order valence-electron chi connectivity index (χ4n) is 4.24. The smallest absolute Gasteiger partial charge is 0.227 e. The highest BCUT2D eigenvalue weighted by atomic mass is 32.1. The van der Waals surface area contributed by atoms with Crippen molar-refractivity contribution in [1.29, 1.82) is 0 Å². The maximum Gasteiger partial charge on any atom is 0.227 e. The monoisotopic (exact) mass is 427 g/mol. The number of H-pyrrole nitrogens is 1. The zero-order valence-electron chi connectivity index (χ0n) is 16.3. The van der Waals surface area contributed by atoms with Crippen LogP contribution in [0.25, 0.3) is 10.2 Å². The number of nitrogens with zero attached hydrogens (tertiary/aromatic N) is 1. The Morgan fingerprint density at radius 3 is 2.79 bits per heavy atom. The molecule has 1 fully saturated rings. The van der Waals surface area contributed by atoms with Gasteiger partial charge < -0.3 is 20.3 Å². The van der Waals surface area contributed by atoms with E-state index in [0.29, 0.717) is 6.54 Å². The first kappa shape index (κ1) is 20.2. The van der Waals surface area contributed by atoms with Gasteiger partial charge in [0.15, 0.2) is 3.95 Å². The lowest BCUT2D eigenvalue weighted by Gasteiger charge is -2.30. The summed E-state index contributed by atoms with van der Waals surface area (Å²) < 4.78 is 1.83. The Hall–Kier alpha value is -2.06. The number of carbonyl (C=O) groups is 1. The molecule has 1 aliphatic heterocycles. The summed E-state index contributed by atoms with van der Waals surface area (Å²) in [7, 11) is 1.69. The van der Waals surface area contributed by atoms with Crippen molar-refractivity contribution in [3.8, 4) is 0 Å². The molecule has 2 heterocycles. The number of likely N-dealkylation sites (N-methyl/N-ethyl adjacent to an activating group) is 1. The zero-order valence-corrected chi connectivity index (χ0v) is 17.9. The predicted molar refractivity (Wildman–Crippen MR) is 120 cm³/mol. The number of rotatable bonds is 6. The number of aliphatic hydroxyl groups is 1. The van der Waals surface area contributed by atoms with Gasteiger partial charge >= 0.3 is 0 Å². The second-order valence-corrected chi connectivity index (χ2v) is 9.30. The van der Waals surface area contributed by atoms with Crippen molar-refractivity contribution in [3.05, 3.63) is 63.6 Å². The van der Waals surface area contributed by atoms with Crippen LogP contribution in [0, 0.1) is 3.95 Å². The van der Waals surface area contributed by atoms with E-state index < -0.39 is 0 Å². The number of amides is 1. The molecular formula is C22H25N3O2S2. The van der Waals surface area contributed by atoms with E-state index in [0.717, 1.165) is 44.8 Å². The van der Waals surface area contributed by atoms with Crippen LogP contribution in [0.5, 0.6) is 0 Å². The van der Waals surface area contributed by atoms with Crippen LogP contribution in [0.1, 0.15) is 29.4 Å². The first-order valence-electron chi connectivity index (χ1n) is 9.85. The molecule has 3 aromatic rings. The number of aliphatic hydroxyl groups excluding tert-OH is 1. The SMILES string of the molecule is CNC(=O)C(c1ccc2sc(=S)[nH]c2c1)[C@H](CN1CC[C@H](O)C1)c1ccccc1. The van der Waals surface area contributed by atoms with E-state index in [1.165, 1.54) is 0 Å². The summed E-state index contributed by atoms with van der Waals surface area (Å²) in [6, 6.07) is 16.3. The third-order valence-electron chi connectivity index (χ3n) is 5.66. The third-order valence-corrected chi connectivity index (χ3v) is 6.88. The van der Waals surface area contributed by atoms with Crippen LogP contribution in [0.15, 0.2) is 48.5 Å². The number of β-amino-alcohol motifs (C(OH)–C–C–N with tert-alkyl or cyclic N) is 1. The van der Waals surface area contributed by atoms with Gasteiger partial charge in [0.1, 0.15) is 0 Å². The lowest BCUT2D eigenvalue weighted by Crippen LogP contribution is -2.36. The molecule has 3 atom stereocenters. The van der Waals surface area contributed by atoms with Crippen LogP contribution < -0.4 is 5.32 Å². The Morgan fingerprint density at radius 2 is 2.10 bits per heavy atom. The standard InChI is InChI=1S/C22H25N3O2S2/c1-23-21(27)20(15-7-8-19-18(11-15)24-22(28)29-19)17(14-5-3-2-4-6-14)13-25-10-9-16(26)12-25/h2-8,11,16-17,20,26H,9-10,12-13H2,1H3,(H,23,27)(H,24,28)/t16-,17+,20?/m0/s1. The molecule has 1 amide bonds. The maximum atomic E-state index is 13.1. The second-order valence-electron chi connectivity index (χ2n) is 7.58. The summed E-state index contributed by atoms with van der Waals surface area (Å²) in [5, 5.41) is 12.8. The Morgan fingerprint density at radius 1 is 1.31 bits per heavy atom. The summed E-state index contributed by atoms with van der Waals surface area (Å²) in [5.74, 6) is -0.376. The minimum absolute atomic E-state index is 0.00762. The lowest BCUT2D eigenvalue weighted by atomic mass is 9.80. The van der Waals surface area contributed by atoms with Gasteiger partial charge in [0.25, 0.3) is 0 Å². The molecule has 29 heavy (non-hydrogen) atoms. The van der Waals surface area contributed by atoms with E-state index in [9.17, 15) is 9.90 Å². The molecule has 0 saturated carbocycles. The fraction of sp³-hybridized carbons (Fsp3) is 0.364. The van der Waals surface area contributed by atoms with Gasteiger partial charge in [-0.15, -0.1) is 11.3 Å². The van der Waals surface area contributed by atoms with Crippen LogP contribution in [0.2, 0.25) is 0 Å². The maximum absolute atomic E-state index is 13.1. The molecule has 152 valence electrons. The van der Waals surface area contributed by atoms with Crippen LogP contribution in [0.3, 0.4) is 0 Å². The highest BCUT2D eigenvalue weighted by Gasteiger charge is 2.34. The van der Waals surface area contributed by atoms with Gasteiger partial charge in [-0.1, -0.05) is 36.4 Å². The number of aromatic nitrogens is 1. The number of aromatic amines is 1. The molecule has 0 aliphatic carbocycles. The molecule has 0 spiro atoms. The summed E-state index contributed by atoms with van der Waals surface area (Å²) >= 11 is 6.82. The normalized spacial score (nSPS) is 19.3. The summed E-state index contributed by atoms with van der Waals surface area (Å²) in [6.45, 7) is 2.22. The topological polar surface area (TPSA) is 68.4 Å². The molecule has 5 nitrogen and oxygen atoms in total. The number of thiazole rings is 1. The van der Waals surface area contributed by atoms with Gasteiger partial charge in [0, 0.05) is 32.6 Å².